The van der Waals surface area contributed by atoms with Gasteiger partial charge in [0.2, 0.25) is 0 Å². The number of hydrogen-bond acceptors (Lipinski definition) is 4. The first kappa shape index (κ1) is 16.8. The summed E-state index contributed by atoms with van der Waals surface area (Å²) in [7, 11) is 3.56. The van der Waals surface area contributed by atoms with Gasteiger partial charge in [0.1, 0.15) is 5.75 Å². The molecule has 3 unspecified atom stereocenters. The van der Waals surface area contributed by atoms with Gasteiger partial charge >= 0.3 is 0 Å². The van der Waals surface area contributed by atoms with E-state index in [-0.39, 0.29) is 6.10 Å². The van der Waals surface area contributed by atoms with E-state index in [4.69, 9.17) is 9.47 Å². The fourth-order valence-electron chi connectivity index (χ4n) is 4.97. The third-order valence-corrected chi connectivity index (χ3v) is 6.35. The summed E-state index contributed by atoms with van der Waals surface area (Å²) in [4.78, 5) is 7.19. The summed E-state index contributed by atoms with van der Waals surface area (Å²) in [5.74, 6) is 2.57. The zero-order chi connectivity index (χ0) is 17.4. The molecule has 3 aliphatic heterocycles. The first-order chi connectivity index (χ1) is 12.2. The van der Waals surface area contributed by atoms with Crippen LogP contribution in [0.15, 0.2) is 30.5 Å². The summed E-state index contributed by atoms with van der Waals surface area (Å²) in [6, 6.07) is 8.68. The van der Waals surface area contributed by atoms with E-state index in [0.29, 0.717) is 6.04 Å². The third kappa shape index (κ3) is 2.91. The maximum atomic E-state index is 6.07. The van der Waals surface area contributed by atoms with Crippen LogP contribution in [0.3, 0.4) is 0 Å². The van der Waals surface area contributed by atoms with Crippen molar-refractivity contribution in [3.8, 4) is 5.75 Å². The molecule has 134 valence electrons. The van der Waals surface area contributed by atoms with Crippen molar-refractivity contribution in [2.24, 2.45) is 11.8 Å². The highest BCUT2D eigenvalue weighted by Crippen LogP contribution is 2.43. The zero-order valence-electron chi connectivity index (χ0n) is 15.4. The number of fused-ring (bicyclic) bond motifs is 4. The molecule has 1 aromatic carbocycles. The van der Waals surface area contributed by atoms with Gasteiger partial charge in [0.05, 0.1) is 18.7 Å². The van der Waals surface area contributed by atoms with E-state index < -0.39 is 0 Å². The summed E-state index contributed by atoms with van der Waals surface area (Å²) in [6.45, 7) is 4.76. The van der Waals surface area contributed by atoms with Crippen molar-refractivity contribution in [3.05, 3.63) is 36.0 Å². The lowest BCUT2D eigenvalue weighted by molar-refractivity contribution is -0.0698. The second kappa shape index (κ2) is 6.93. The Labute approximate surface area is 150 Å². The van der Waals surface area contributed by atoms with Gasteiger partial charge in [0.15, 0.2) is 0 Å². The number of methoxy groups -OCH3 is 2. The number of hydrogen-bond donors (Lipinski definition) is 0. The van der Waals surface area contributed by atoms with Gasteiger partial charge in [-0.1, -0.05) is 13.3 Å². The molecule has 3 fully saturated rings. The number of rotatable bonds is 5. The predicted molar refractivity (Wildman–Crippen MR) is 99.9 cm³/mol. The molecule has 5 rings (SSSR count). The molecule has 2 bridgehead atoms. The summed E-state index contributed by atoms with van der Waals surface area (Å²) in [5.41, 5.74) is 2.24. The molecule has 0 radical (unpaired) electrons. The minimum absolute atomic E-state index is 0.0817. The maximum Gasteiger partial charge on any atom is 0.119 e. The van der Waals surface area contributed by atoms with Crippen LogP contribution in [0, 0.1) is 11.8 Å². The Bertz CT molecular complexity index is 748. The molecule has 0 saturated carbocycles. The summed E-state index contributed by atoms with van der Waals surface area (Å²) in [6.07, 6.45) is 5.86. The van der Waals surface area contributed by atoms with Crippen LogP contribution in [0.25, 0.3) is 10.9 Å². The van der Waals surface area contributed by atoms with E-state index in [0.717, 1.165) is 28.5 Å². The molecular weight excluding hydrogens is 312 g/mol. The molecule has 4 nitrogen and oxygen atoms in total. The van der Waals surface area contributed by atoms with Crippen LogP contribution in [0.2, 0.25) is 0 Å². The molecule has 3 saturated heterocycles. The number of piperidine rings is 3. The zero-order valence-corrected chi connectivity index (χ0v) is 15.4. The average Bonchev–Trinajstić information content (AvgIpc) is 2.68. The summed E-state index contributed by atoms with van der Waals surface area (Å²) in [5, 5.41) is 1.14. The largest absolute Gasteiger partial charge is 0.497 e. The van der Waals surface area contributed by atoms with Crippen LogP contribution in [0.1, 0.15) is 37.9 Å². The summed E-state index contributed by atoms with van der Waals surface area (Å²) >= 11 is 0. The van der Waals surface area contributed by atoms with Crippen LogP contribution in [0.4, 0.5) is 0 Å². The highest BCUT2D eigenvalue weighted by atomic mass is 16.5. The molecule has 4 heteroatoms. The lowest BCUT2D eigenvalue weighted by Crippen LogP contribution is -2.55. The van der Waals surface area contributed by atoms with Gasteiger partial charge in [0, 0.05) is 31.3 Å². The molecule has 3 aliphatic rings. The van der Waals surface area contributed by atoms with E-state index in [1.54, 1.807) is 7.11 Å². The third-order valence-electron chi connectivity index (χ3n) is 6.35. The van der Waals surface area contributed by atoms with Crippen molar-refractivity contribution in [1.29, 1.82) is 0 Å². The lowest BCUT2D eigenvalue weighted by Gasteiger charge is -2.52. The van der Waals surface area contributed by atoms with Gasteiger partial charge in [-0.3, -0.25) is 9.88 Å². The summed E-state index contributed by atoms with van der Waals surface area (Å²) < 4.78 is 11.5. The highest BCUT2D eigenvalue weighted by molar-refractivity contribution is 5.84. The van der Waals surface area contributed by atoms with E-state index >= 15 is 0 Å². The highest BCUT2D eigenvalue weighted by Gasteiger charge is 2.43. The van der Waals surface area contributed by atoms with Gasteiger partial charge in [-0.25, -0.2) is 0 Å². The molecule has 0 amide bonds. The Morgan fingerprint density at radius 3 is 2.84 bits per heavy atom. The van der Waals surface area contributed by atoms with Crippen molar-refractivity contribution in [1.82, 2.24) is 9.88 Å². The van der Waals surface area contributed by atoms with Gasteiger partial charge < -0.3 is 9.47 Å². The Morgan fingerprint density at radius 1 is 1.28 bits per heavy atom. The molecule has 0 spiro atoms. The van der Waals surface area contributed by atoms with Crippen molar-refractivity contribution < 1.29 is 9.47 Å². The van der Waals surface area contributed by atoms with Gasteiger partial charge in [-0.2, -0.15) is 0 Å². The number of ether oxygens (including phenoxy) is 2. The monoisotopic (exact) mass is 340 g/mol. The molecule has 2 aromatic rings. The number of pyridine rings is 1. The predicted octanol–water partition coefficient (Wildman–Crippen LogP) is 4.05. The van der Waals surface area contributed by atoms with Crippen molar-refractivity contribution in [3.63, 3.8) is 0 Å². The molecular formula is C21H28N2O2. The molecule has 0 N–H and O–H groups in total. The van der Waals surface area contributed by atoms with Crippen LogP contribution < -0.4 is 4.74 Å². The fourth-order valence-corrected chi connectivity index (χ4v) is 4.97. The van der Waals surface area contributed by atoms with Crippen LogP contribution in [-0.4, -0.2) is 43.2 Å². The first-order valence-electron chi connectivity index (χ1n) is 9.44. The second-order valence-corrected chi connectivity index (χ2v) is 7.45. The molecule has 4 heterocycles. The number of benzene rings is 1. The normalized spacial score (nSPS) is 29.7. The van der Waals surface area contributed by atoms with Crippen LogP contribution in [0.5, 0.6) is 5.75 Å². The Hall–Kier alpha value is -1.65. The van der Waals surface area contributed by atoms with E-state index in [2.05, 4.69) is 28.9 Å². The molecule has 25 heavy (non-hydrogen) atoms. The van der Waals surface area contributed by atoms with Gasteiger partial charge in [-0.15, -0.1) is 0 Å². The SMILES string of the molecule is CCC1CN2CCC1C[C@@H]2[C@@H](OC)c1ccnc2ccc(OC)cc12. The van der Waals surface area contributed by atoms with Crippen LogP contribution >= 0.6 is 0 Å². The lowest BCUT2D eigenvalue weighted by atomic mass is 9.72. The van der Waals surface area contributed by atoms with Gasteiger partial charge in [-0.05, 0) is 61.1 Å². The standard InChI is InChI=1S/C21H28N2O2/c1-4-14-13-23-10-8-15(14)11-20(23)21(25-3)17-7-9-22-19-6-5-16(24-2)12-18(17)19/h5-7,9,12,14-15,20-21H,4,8,10-11,13H2,1-3H3/t14?,15?,20-,21+/m1/s1. The minimum Gasteiger partial charge on any atom is -0.497 e. The van der Waals surface area contributed by atoms with Gasteiger partial charge in [0.25, 0.3) is 0 Å². The average molecular weight is 340 g/mol. The quantitative estimate of drug-likeness (QED) is 0.822. The van der Waals surface area contributed by atoms with E-state index in [1.807, 2.05) is 25.4 Å². The van der Waals surface area contributed by atoms with Crippen molar-refractivity contribution in [2.75, 3.05) is 27.3 Å². The number of nitrogens with zero attached hydrogens (tertiary/aromatic N) is 2. The molecule has 5 atom stereocenters. The number of aromatic nitrogens is 1. The first-order valence-corrected chi connectivity index (χ1v) is 9.44. The fraction of sp³-hybridized carbons (Fsp3) is 0.571. The van der Waals surface area contributed by atoms with Crippen LogP contribution in [-0.2, 0) is 4.74 Å². The maximum absolute atomic E-state index is 6.07. The Morgan fingerprint density at radius 2 is 2.16 bits per heavy atom. The smallest absolute Gasteiger partial charge is 0.119 e. The molecule has 0 aliphatic carbocycles. The molecule has 1 aromatic heterocycles. The van der Waals surface area contributed by atoms with E-state index in [9.17, 15) is 0 Å². The minimum atomic E-state index is 0.0817. The second-order valence-electron chi connectivity index (χ2n) is 7.45. The van der Waals surface area contributed by atoms with Crippen molar-refractivity contribution in [2.45, 2.75) is 38.3 Å². The Balaban J connectivity index is 1.71. The van der Waals surface area contributed by atoms with Crippen molar-refractivity contribution >= 4 is 10.9 Å². The van der Waals surface area contributed by atoms with E-state index in [1.165, 1.54) is 37.9 Å². The topological polar surface area (TPSA) is 34.6 Å². The Kier molecular flexibility index (Phi) is 4.65.